The van der Waals surface area contributed by atoms with Crippen LogP contribution in [0.25, 0.3) is 0 Å². The van der Waals surface area contributed by atoms with Crippen molar-refractivity contribution in [3.63, 3.8) is 0 Å². The van der Waals surface area contributed by atoms with E-state index in [1.165, 1.54) is 0 Å². The van der Waals surface area contributed by atoms with Gasteiger partial charge in [-0.05, 0) is 11.8 Å². The fraction of sp³-hybridized carbons (Fsp3) is 1.00. The Bertz CT molecular complexity index is 33.2. The first-order valence-electron chi connectivity index (χ1n) is 2.59. The van der Waals surface area contributed by atoms with Crippen LogP contribution < -0.4 is 0 Å². The molecule has 52 valence electrons. The average molecular weight is 219 g/mol. The SMILES string of the molecule is CCN(Cl)CC.[Cl][GeH3]. The summed E-state index contributed by atoms with van der Waals surface area (Å²) in [7, 11) is 4.83. The summed E-state index contributed by atoms with van der Waals surface area (Å²) in [5, 5.41) is 0. The van der Waals surface area contributed by atoms with Crippen molar-refractivity contribution in [2.45, 2.75) is 13.8 Å². The summed E-state index contributed by atoms with van der Waals surface area (Å²) in [6, 6.07) is 0. The van der Waals surface area contributed by atoms with Crippen molar-refractivity contribution in [1.29, 1.82) is 0 Å². The van der Waals surface area contributed by atoms with Crippen LogP contribution in [-0.2, 0) is 0 Å². The van der Waals surface area contributed by atoms with Gasteiger partial charge in [0.25, 0.3) is 0 Å². The van der Waals surface area contributed by atoms with Crippen LogP contribution in [0.2, 0.25) is 0 Å². The number of halogens is 2. The van der Waals surface area contributed by atoms with Crippen molar-refractivity contribution >= 4 is 37.4 Å². The molecule has 0 spiro atoms. The maximum absolute atomic E-state index is 5.48. The van der Waals surface area contributed by atoms with Crippen LogP contribution >= 0.6 is 21.8 Å². The van der Waals surface area contributed by atoms with Gasteiger partial charge in [-0.2, -0.15) is 0 Å². The molecule has 0 aliphatic rings. The summed E-state index contributed by atoms with van der Waals surface area (Å²) >= 11 is 6.02. The van der Waals surface area contributed by atoms with E-state index >= 15 is 0 Å². The van der Waals surface area contributed by atoms with Gasteiger partial charge in [-0.1, -0.05) is 13.8 Å². The molecule has 0 radical (unpaired) electrons. The zero-order valence-electron chi connectivity index (χ0n) is 5.62. The Kier molecular flexibility index (Phi) is 16.2. The summed E-state index contributed by atoms with van der Waals surface area (Å²) < 4.78 is 1.72. The molecule has 0 aromatic rings. The number of rotatable bonds is 2. The molecule has 0 bridgehead atoms. The van der Waals surface area contributed by atoms with Crippen molar-refractivity contribution in [2.24, 2.45) is 0 Å². The molecular formula is C4H13Cl2GeN. The van der Waals surface area contributed by atoms with E-state index in [0.29, 0.717) is 15.6 Å². The first-order chi connectivity index (χ1) is 3.81. The van der Waals surface area contributed by atoms with Gasteiger partial charge in [0.2, 0.25) is 0 Å². The normalized spacial score (nSPS) is 8.62. The monoisotopic (exact) mass is 219 g/mol. The molecule has 0 aromatic heterocycles. The topological polar surface area (TPSA) is 3.24 Å². The predicted octanol–water partition coefficient (Wildman–Crippen LogP) is 0.988. The van der Waals surface area contributed by atoms with E-state index in [1.807, 2.05) is 13.8 Å². The van der Waals surface area contributed by atoms with Crippen molar-refractivity contribution in [3.05, 3.63) is 0 Å². The van der Waals surface area contributed by atoms with Gasteiger partial charge in [-0.15, -0.1) is 0 Å². The standard InChI is InChI=1S/C4H10ClN.ClGeH3/c1-3-6(5)4-2;1-2/h3-4H2,1-2H3;2H3. The molecule has 0 saturated heterocycles. The fourth-order valence-electron chi connectivity index (χ4n) is 0.224. The molecule has 0 rings (SSSR count). The molecule has 0 fully saturated rings. The molecule has 0 aliphatic carbocycles. The third kappa shape index (κ3) is 10.1. The van der Waals surface area contributed by atoms with Crippen LogP contribution in [0.3, 0.4) is 0 Å². The van der Waals surface area contributed by atoms with Crippen molar-refractivity contribution in [1.82, 2.24) is 4.42 Å². The Morgan fingerprint density at radius 2 is 1.50 bits per heavy atom. The van der Waals surface area contributed by atoms with Gasteiger partial charge in [0, 0.05) is 13.1 Å². The first-order valence-corrected chi connectivity index (χ1v) is 8.45. The first kappa shape index (κ1) is 11.8. The quantitative estimate of drug-likeness (QED) is 0.494. The van der Waals surface area contributed by atoms with Crippen LogP contribution in [0.5, 0.6) is 0 Å². The van der Waals surface area contributed by atoms with Gasteiger partial charge in [0.1, 0.15) is 0 Å². The molecule has 1 nitrogen and oxygen atoms in total. The predicted molar refractivity (Wildman–Crippen MR) is 44.6 cm³/mol. The molecular weight excluding hydrogens is 206 g/mol. The summed E-state index contributed by atoms with van der Waals surface area (Å²) in [6.07, 6.45) is 0. The van der Waals surface area contributed by atoms with E-state index in [4.69, 9.17) is 21.8 Å². The molecule has 0 N–H and O–H groups in total. The molecule has 0 unspecified atom stereocenters. The van der Waals surface area contributed by atoms with Crippen LogP contribution in [0, 0.1) is 0 Å². The Labute approximate surface area is 68.9 Å². The molecule has 0 amide bonds. The Balaban J connectivity index is 0. The molecule has 0 saturated carbocycles. The minimum absolute atomic E-state index is 0.535. The summed E-state index contributed by atoms with van der Waals surface area (Å²) in [4.78, 5) is 0. The van der Waals surface area contributed by atoms with E-state index in [9.17, 15) is 0 Å². The van der Waals surface area contributed by atoms with Crippen molar-refractivity contribution < 1.29 is 0 Å². The molecule has 8 heavy (non-hydrogen) atoms. The molecule has 0 atom stereocenters. The van der Waals surface area contributed by atoms with Crippen LogP contribution in [0.15, 0.2) is 0 Å². The zero-order chi connectivity index (χ0) is 6.99. The van der Waals surface area contributed by atoms with Gasteiger partial charge in [-0.25, -0.2) is 4.42 Å². The second-order valence-electron chi connectivity index (χ2n) is 1.10. The van der Waals surface area contributed by atoms with Crippen LogP contribution in [0.4, 0.5) is 0 Å². The van der Waals surface area contributed by atoms with Gasteiger partial charge in [0.05, 0.1) is 0 Å². The Morgan fingerprint density at radius 1 is 1.25 bits per heavy atom. The molecule has 0 heterocycles. The molecule has 0 aliphatic heterocycles. The fourth-order valence-corrected chi connectivity index (χ4v) is 0.224. The third-order valence-corrected chi connectivity index (χ3v) is 1.16. The molecule has 0 aromatic carbocycles. The van der Waals surface area contributed by atoms with Gasteiger partial charge in [-0.3, -0.25) is 0 Å². The van der Waals surface area contributed by atoms with E-state index in [0.717, 1.165) is 13.1 Å². The van der Waals surface area contributed by atoms with Gasteiger partial charge in [0.15, 0.2) is 0 Å². The van der Waals surface area contributed by atoms with E-state index in [2.05, 4.69) is 0 Å². The number of nitrogens with zero attached hydrogens (tertiary/aromatic N) is 1. The Hall–Kier alpha value is 1.08. The zero-order valence-corrected chi connectivity index (χ0v) is 11.3. The molecule has 4 heteroatoms. The van der Waals surface area contributed by atoms with E-state index in [-0.39, 0.29) is 0 Å². The summed E-state index contributed by atoms with van der Waals surface area (Å²) in [5.74, 6) is 0. The second-order valence-corrected chi connectivity index (χ2v) is 1.57. The Morgan fingerprint density at radius 3 is 1.50 bits per heavy atom. The second kappa shape index (κ2) is 11.0. The van der Waals surface area contributed by atoms with E-state index < -0.39 is 0 Å². The number of hydrogen-bond donors (Lipinski definition) is 0. The van der Waals surface area contributed by atoms with E-state index in [1.54, 1.807) is 4.42 Å². The average Bonchev–Trinajstić information content (AvgIpc) is 1.91. The number of hydrogen-bond acceptors (Lipinski definition) is 1. The van der Waals surface area contributed by atoms with Gasteiger partial charge < -0.3 is 0 Å². The van der Waals surface area contributed by atoms with Crippen molar-refractivity contribution in [2.75, 3.05) is 13.1 Å². The summed E-state index contributed by atoms with van der Waals surface area (Å²) in [5.41, 5.74) is 0. The third-order valence-electron chi connectivity index (χ3n) is 0.686. The summed E-state index contributed by atoms with van der Waals surface area (Å²) in [6.45, 7) is 5.91. The maximum atomic E-state index is 5.48. The van der Waals surface area contributed by atoms with Crippen molar-refractivity contribution in [3.8, 4) is 0 Å². The van der Waals surface area contributed by atoms with Crippen LogP contribution in [0.1, 0.15) is 13.8 Å². The van der Waals surface area contributed by atoms with Crippen LogP contribution in [-0.4, -0.2) is 33.1 Å². The minimum atomic E-state index is 0.535. The van der Waals surface area contributed by atoms with Gasteiger partial charge >= 0.3 is 25.6 Å².